The summed E-state index contributed by atoms with van der Waals surface area (Å²) in [6.45, 7) is 7.53. The maximum absolute atomic E-state index is 13.9. The van der Waals surface area contributed by atoms with Gasteiger partial charge in [0, 0.05) is 12.1 Å². The van der Waals surface area contributed by atoms with E-state index in [-0.39, 0.29) is 12.1 Å². The van der Waals surface area contributed by atoms with Crippen LogP contribution in [0.5, 0.6) is 0 Å². The third kappa shape index (κ3) is 4.16. The fraction of sp³-hybridized carbons (Fsp3) is 0.280. The van der Waals surface area contributed by atoms with Gasteiger partial charge in [-0.1, -0.05) is 42.8 Å². The summed E-state index contributed by atoms with van der Waals surface area (Å²) in [5.41, 5.74) is 3.59. The number of hydrogen-bond acceptors (Lipinski definition) is 4. The summed E-state index contributed by atoms with van der Waals surface area (Å²) in [7, 11) is 0. The van der Waals surface area contributed by atoms with Crippen LogP contribution in [0.1, 0.15) is 41.9 Å². The second kappa shape index (κ2) is 8.97. The lowest BCUT2D eigenvalue weighted by molar-refractivity contribution is -0.125. The van der Waals surface area contributed by atoms with E-state index in [0.717, 1.165) is 16.9 Å². The number of aromatic nitrogens is 4. The number of carbonyl (C=O) groups excluding carboxylic acids is 1. The quantitative estimate of drug-likeness (QED) is 0.486. The van der Waals surface area contributed by atoms with Gasteiger partial charge in [0.2, 0.25) is 5.91 Å². The average Bonchev–Trinajstić information content (AvgIpc) is 3.15. The number of fused-ring (bicyclic) bond motifs is 1. The van der Waals surface area contributed by atoms with Crippen LogP contribution in [0.3, 0.4) is 0 Å². The summed E-state index contributed by atoms with van der Waals surface area (Å²) in [6.07, 6.45) is 0.346. The lowest BCUT2D eigenvalue weighted by atomic mass is 10.1. The van der Waals surface area contributed by atoms with Crippen molar-refractivity contribution in [3.05, 3.63) is 87.2 Å². The van der Waals surface area contributed by atoms with E-state index in [4.69, 9.17) is 0 Å². The van der Waals surface area contributed by atoms with Gasteiger partial charge in [0.25, 0.3) is 5.56 Å². The van der Waals surface area contributed by atoms with Crippen molar-refractivity contribution in [2.45, 2.75) is 46.7 Å². The summed E-state index contributed by atoms with van der Waals surface area (Å²) in [4.78, 5) is 26.3. The number of rotatable bonds is 6. The highest BCUT2D eigenvalue weighted by Gasteiger charge is 2.25. The fourth-order valence-corrected chi connectivity index (χ4v) is 4.01. The molecular formula is C25H26FN5O2. The molecule has 1 amide bonds. The summed E-state index contributed by atoms with van der Waals surface area (Å²) < 4.78 is 16.8. The zero-order chi connectivity index (χ0) is 23.7. The molecule has 170 valence electrons. The summed E-state index contributed by atoms with van der Waals surface area (Å²) in [5.74, 6) is -0.792. The summed E-state index contributed by atoms with van der Waals surface area (Å²) in [6, 6.07) is 13.3. The van der Waals surface area contributed by atoms with E-state index in [2.05, 4.69) is 15.5 Å². The third-order valence-corrected chi connectivity index (χ3v) is 5.82. The standard InChI is InChI=1S/C25H26FN5O2/c1-5-21(24(32)27-14-18-8-6-7-9-20(18)26)31-25(33)23-22(16(3)28-31)17(4)30(29-23)19-12-10-15(2)11-13-19/h6-13,21H,5,14H2,1-4H3,(H,27,32)/t21-/m1/s1. The SMILES string of the molecule is CC[C@H](C(=O)NCc1ccccc1F)n1nc(C)c2c(C)n(-c3ccc(C)cc3)nc2c1=O. The number of benzene rings is 2. The van der Waals surface area contributed by atoms with Crippen LogP contribution in [-0.2, 0) is 11.3 Å². The molecule has 4 rings (SSSR count). The average molecular weight is 448 g/mol. The van der Waals surface area contributed by atoms with E-state index in [0.29, 0.717) is 23.1 Å². The maximum atomic E-state index is 13.9. The second-order valence-electron chi connectivity index (χ2n) is 8.12. The van der Waals surface area contributed by atoms with E-state index in [1.165, 1.54) is 10.7 Å². The number of nitrogens with zero attached hydrogens (tertiary/aromatic N) is 4. The number of carbonyl (C=O) groups is 1. The van der Waals surface area contributed by atoms with Crippen LogP contribution >= 0.6 is 0 Å². The molecular weight excluding hydrogens is 421 g/mol. The van der Waals surface area contributed by atoms with Crippen LogP contribution < -0.4 is 10.9 Å². The lowest BCUT2D eigenvalue weighted by Gasteiger charge is -2.17. The lowest BCUT2D eigenvalue weighted by Crippen LogP contribution is -2.38. The van der Waals surface area contributed by atoms with E-state index < -0.39 is 23.3 Å². The van der Waals surface area contributed by atoms with Gasteiger partial charge in [-0.05, 0) is 45.4 Å². The molecule has 7 nitrogen and oxygen atoms in total. The zero-order valence-electron chi connectivity index (χ0n) is 19.1. The van der Waals surface area contributed by atoms with Crippen molar-refractivity contribution in [3.8, 4) is 5.69 Å². The van der Waals surface area contributed by atoms with Crippen LogP contribution in [0.4, 0.5) is 4.39 Å². The zero-order valence-corrected chi connectivity index (χ0v) is 19.1. The predicted molar refractivity (Wildman–Crippen MR) is 125 cm³/mol. The van der Waals surface area contributed by atoms with Gasteiger partial charge >= 0.3 is 0 Å². The first-order valence-electron chi connectivity index (χ1n) is 10.9. The van der Waals surface area contributed by atoms with Gasteiger partial charge in [0.05, 0.1) is 22.5 Å². The molecule has 0 saturated carbocycles. The first kappa shape index (κ1) is 22.4. The molecule has 1 atom stereocenters. The molecule has 1 N–H and O–H groups in total. The molecule has 4 aromatic rings. The highest BCUT2D eigenvalue weighted by atomic mass is 19.1. The minimum Gasteiger partial charge on any atom is -0.350 e. The Bertz CT molecular complexity index is 1390. The molecule has 0 aliphatic heterocycles. The molecule has 0 unspecified atom stereocenters. The van der Waals surface area contributed by atoms with Crippen LogP contribution in [0.25, 0.3) is 16.6 Å². The van der Waals surface area contributed by atoms with Crippen LogP contribution in [0, 0.1) is 26.6 Å². The number of aryl methyl sites for hydroxylation is 3. The molecule has 0 spiro atoms. The van der Waals surface area contributed by atoms with Crippen LogP contribution in [0.2, 0.25) is 0 Å². The van der Waals surface area contributed by atoms with Crippen molar-refractivity contribution < 1.29 is 9.18 Å². The molecule has 0 bridgehead atoms. The van der Waals surface area contributed by atoms with E-state index in [9.17, 15) is 14.0 Å². The largest absolute Gasteiger partial charge is 0.350 e. The Labute approximate surface area is 190 Å². The first-order chi connectivity index (χ1) is 15.8. The molecule has 0 aliphatic carbocycles. The second-order valence-corrected chi connectivity index (χ2v) is 8.12. The normalized spacial score (nSPS) is 12.2. The molecule has 0 fully saturated rings. The molecule has 0 saturated heterocycles. The Kier molecular flexibility index (Phi) is 6.09. The highest BCUT2D eigenvalue weighted by Crippen LogP contribution is 2.22. The molecule has 8 heteroatoms. The first-order valence-corrected chi connectivity index (χ1v) is 10.9. The van der Waals surface area contributed by atoms with Crippen molar-refractivity contribution in [2.75, 3.05) is 0 Å². The van der Waals surface area contributed by atoms with Crippen LogP contribution in [0.15, 0.2) is 53.3 Å². The molecule has 2 aromatic heterocycles. The monoisotopic (exact) mass is 447 g/mol. The van der Waals surface area contributed by atoms with Crippen LogP contribution in [-0.4, -0.2) is 25.5 Å². The third-order valence-electron chi connectivity index (χ3n) is 5.82. The fourth-order valence-electron chi connectivity index (χ4n) is 4.01. The predicted octanol–water partition coefficient (Wildman–Crippen LogP) is 3.91. The number of nitrogens with one attached hydrogen (secondary N) is 1. The molecule has 2 heterocycles. The number of amides is 1. The van der Waals surface area contributed by atoms with Gasteiger partial charge in [-0.2, -0.15) is 10.2 Å². The van der Waals surface area contributed by atoms with E-state index in [1.54, 1.807) is 36.7 Å². The van der Waals surface area contributed by atoms with Gasteiger partial charge in [-0.3, -0.25) is 9.59 Å². The van der Waals surface area contributed by atoms with Gasteiger partial charge in [0.1, 0.15) is 11.9 Å². The van der Waals surface area contributed by atoms with Crippen molar-refractivity contribution >= 4 is 16.8 Å². The van der Waals surface area contributed by atoms with Crippen molar-refractivity contribution in [1.82, 2.24) is 24.9 Å². The van der Waals surface area contributed by atoms with Gasteiger partial charge in [0.15, 0.2) is 5.52 Å². The molecule has 0 aliphatic rings. The van der Waals surface area contributed by atoms with Gasteiger partial charge in [-0.15, -0.1) is 0 Å². The molecule has 0 radical (unpaired) electrons. The summed E-state index contributed by atoms with van der Waals surface area (Å²) in [5, 5.41) is 12.4. The highest BCUT2D eigenvalue weighted by molar-refractivity contribution is 5.84. The molecule has 33 heavy (non-hydrogen) atoms. The van der Waals surface area contributed by atoms with Crippen molar-refractivity contribution in [2.24, 2.45) is 0 Å². The Hall–Kier alpha value is -3.81. The van der Waals surface area contributed by atoms with E-state index >= 15 is 0 Å². The summed E-state index contributed by atoms with van der Waals surface area (Å²) >= 11 is 0. The number of hydrogen-bond donors (Lipinski definition) is 1. The Balaban J connectivity index is 1.71. The van der Waals surface area contributed by atoms with E-state index in [1.807, 2.05) is 38.1 Å². The topological polar surface area (TPSA) is 81.8 Å². The molecule has 2 aromatic carbocycles. The van der Waals surface area contributed by atoms with Crippen molar-refractivity contribution in [1.29, 1.82) is 0 Å². The Morgan fingerprint density at radius 1 is 1.06 bits per heavy atom. The minimum atomic E-state index is -0.836. The Morgan fingerprint density at radius 2 is 1.76 bits per heavy atom. The minimum absolute atomic E-state index is 0.0269. The van der Waals surface area contributed by atoms with Gasteiger partial charge in [-0.25, -0.2) is 13.8 Å². The van der Waals surface area contributed by atoms with Gasteiger partial charge < -0.3 is 5.32 Å². The van der Waals surface area contributed by atoms with Crippen molar-refractivity contribution in [3.63, 3.8) is 0 Å². The number of halogens is 1. The maximum Gasteiger partial charge on any atom is 0.295 e. The smallest absolute Gasteiger partial charge is 0.295 e. The Morgan fingerprint density at radius 3 is 2.42 bits per heavy atom.